The minimum absolute atomic E-state index is 0. The van der Waals surface area contributed by atoms with Gasteiger partial charge in [0, 0.05) is 51.4 Å². The third-order valence-corrected chi connectivity index (χ3v) is 8.35. The Morgan fingerprint density at radius 2 is 1.34 bits per heavy atom. The molecule has 1 fully saturated rings. The summed E-state index contributed by atoms with van der Waals surface area (Å²) in [4.78, 5) is 24.2. The number of hydrogen-bond acceptors (Lipinski definition) is 8. The van der Waals surface area contributed by atoms with Gasteiger partial charge in [0.05, 0.1) is 54.6 Å². The topological polar surface area (TPSA) is 102 Å². The number of carbonyl (C=O) groups is 1. The number of benzene rings is 2. The second-order valence-electron chi connectivity index (χ2n) is 12.2. The van der Waals surface area contributed by atoms with Crippen molar-refractivity contribution in [1.82, 2.24) is 9.97 Å². The summed E-state index contributed by atoms with van der Waals surface area (Å²) in [6.45, 7) is 0.582. The molecule has 1 aliphatic rings. The number of rotatable bonds is 16. The van der Waals surface area contributed by atoms with Gasteiger partial charge in [-0.25, -0.2) is 9.97 Å². The number of aromatic nitrogens is 2. The molecule has 0 radical (unpaired) electrons. The molecular weight excluding hydrogens is 736 g/mol. The molecule has 53 heavy (non-hydrogen) atoms. The molecule has 2 N–H and O–H groups in total. The molecule has 3 aromatic rings. The van der Waals surface area contributed by atoms with Crippen LogP contribution in [0.3, 0.4) is 0 Å². The number of morpholine rings is 1. The second-order valence-corrected chi connectivity index (χ2v) is 12.2. The fraction of sp³-hybridized carbons (Fsp3) is 0.500. The molecule has 2 aromatic carbocycles. The van der Waals surface area contributed by atoms with Crippen LogP contribution in [0.1, 0.15) is 59.9 Å². The van der Waals surface area contributed by atoms with Crippen molar-refractivity contribution in [3.63, 3.8) is 0 Å². The normalized spacial score (nSPS) is 13.8. The van der Waals surface area contributed by atoms with E-state index in [2.05, 4.69) is 9.97 Å². The van der Waals surface area contributed by atoms with E-state index in [-0.39, 0.29) is 78.9 Å². The summed E-state index contributed by atoms with van der Waals surface area (Å²) in [5, 5.41) is 18.7. The standard InChI is InChI=1S/C34H38F9N5O4.Na.H/c35-32(36,37)25-6-7-29(47(9-12-49)8-4-2-1-3-5-30(50)51)24(17-25)22-48(31-44-19-28(20-45-31)46-10-13-52-14-11-46)21-23-15-26(33(38,39)40)18-27(16-23)34(41,42)43;;/h6-7,15-20,49H,1-5,8-14,21-22H2,(H,50,51);;. The summed E-state index contributed by atoms with van der Waals surface area (Å²) in [6, 6.07) is 3.96. The third-order valence-electron chi connectivity index (χ3n) is 8.35. The van der Waals surface area contributed by atoms with Gasteiger partial charge >= 0.3 is 54.1 Å². The number of hydrogen-bond donors (Lipinski definition) is 2. The van der Waals surface area contributed by atoms with E-state index in [1.807, 2.05) is 4.90 Å². The fourth-order valence-electron chi connectivity index (χ4n) is 5.80. The predicted molar refractivity (Wildman–Crippen MR) is 180 cm³/mol. The van der Waals surface area contributed by atoms with E-state index in [0.717, 1.165) is 12.1 Å². The van der Waals surface area contributed by atoms with E-state index in [1.54, 1.807) is 4.90 Å². The van der Waals surface area contributed by atoms with Crippen molar-refractivity contribution in [2.24, 2.45) is 0 Å². The van der Waals surface area contributed by atoms with Gasteiger partial charge in [-0.05, 0) is 60.4 Å². The number of alkyl halides is 9. The van der Waals surface area contributed by atoms with Crippen LogP contribution in [0.2, 0.25) is 0 Å². The number of halogens is 9. The molecule has 1 aliphatic heterocycles. The van der Waals surface area contributed by atoms with E-state index < -0.39 is 59.8 Å². The summed E-state index contributed by atoms with van der Waals surface area (Å²) >= 11 is 0. The van der Waals surface area contributed by atoms with Crippen LogP contribution in [-0.2, 0) is 41.1 Å². The van der Waals surface area contributed by atoms with Crippen molar-refractivity contribution in [1.29, 1.82) is 0 Å². The van der Waals surface area contributed by atoms with Crippen molar-refractivity contribution in [3.05, 3.63) is 76.6 Å². The maximum atomic E-state index is 14.0. The summed E-state index contributed by atoms with van der Waals surface area (Å²) in [5.41, 5.74) is -3.81. The Morgan fingerprint density at radius 3 is 1.89 bits per heavy atom. The van der Waals surface area contributed by atoms with Crippen LogP contribution in [0.5, 0.6) is 0 Å². The number of aliphatic hydroxyl groups excluding tert-OH is 1. The number of ether oxygens (including phenoxy) is 1. The SMILES string of the molecule is O=C(O)CCCCCCN(CCO)c1ccc(C(F)(F)F)cc1CN(Cc1cc(C(F)(F)F)cc(C(F)(F)F)c1)c1ncc(N2CCOCC2)cn1.[NaH]. The zero-order valence-electron chi connectivity index (χ0n) is 27.9. The molecule has 4 rings (SSSR count). The Labute approximate surface area is 322 Å². The van der Waals surface area contributed by atoms with Crippen LogP contribution >= 0.6 is 0 Å². The first-order valence-corrected chi connectivity index (χ1v) is 16.4. The van der Waals surface area contributed by atoms with Crippen LogP contribution in [0.15, 0.2) is 48.8 Å². The van der Waals surface area contributed by atoms with Gasteiger partial charge in [0.1, 0.15) is 0 Å². The quantitative estimate of drug-likeness (QED) is 0.0929. The molecule has 2 heterocycles. The number of unbranched alkanes of at least 4 members (excludes halogenated alkanes) is 3. The number of nitrogens with zero attached hydrogens (tertiary/aromatic N) is 5. The molecular formula is C34H39F9N5NaO4. The van der Waals surface area contributed by atoms with Crippen LogP contribution in [0, 0.1) is 0 Å². The average Bonchev–Trinajstić information content (AvgIpc) is 3.08. The number of carboxylic acids is 1. The van der Waals surface area contributed by atoms with Gasteiger partial charge in [-0.15, -0.1) is 0 Å². The molecule has 0 unspecified atom stereocenters. The molecule has 0 aliphatic carbocycles. The van der Waals surface area contributed by atoms with E-state index in [1.165, 1.54) is 23.4 Å². The minimum atomic E-state index is -5.14. The van der Waals surface area contributed by atoms with Gasteiger partial charge in [0.2, 0.25) is 5.95 Å². The Morgan fingerprint density at radius 1 is 0.755 bits per heavy atom. The molecule has 0 spiro atoms. The van der Waals surface area contributed by atoms with Crippen molar-refractivity contribution in [3.8, 4) is 0 Å². The average molecular weight is 776 g/mol. The van der Waals surface area contributed by atoms with Gasteiger partial charge in [-0.3, -0.25) is 4.79 Å². The number of aliphatic hydroxyl groups is 1. The maximum absolute atomic E-state index is 14.0. The number of anilines is 3. The van der Waals surface area contributed by atoms with Crippen LogP contribution in [-0.4, -0.2) is 102 Å². The predicted octanol–water partition coefficient (Wildman–Crippen LogP) is 6.76. The van der Waals surface area contributed by atoms with Crippen molar-refractivity contribution in [2.75, 3.05) is 60.7 Å². The summed E-state index contributed by atoms with van der Waals surface area (Å²) in [7, 11) is 0. The van der Waals surface area contributed by atoms with Gasteiger partial charge in [0.25, 0.3) is 0 Å². The number of carboxylic acid groups (broad SMARTS) is 1. The van der Waals surface area contributed by atoms with Gasteiger partial charge in [-0.2, -0.15) is 39.5 Å². The van der Waals surface area contributed by atoms with Gasteiger partial charge in [0.15, 0.2) is 0 Å². The zero-order chi connectivity index (χ0) is 38.1. The van der Waals surface area contributed by atoms with E-state index in [9.17, 15) is 49.4 Å². The molecule has 1 saturated heterocycles. The van der Waals surface area contributed by atoms with Crippen LogP contribution < -0.4 is 14.7 Å². The molecule has 1 aromatic heterocycles. The monoisotopic (exact) mass is 775 g/mol. The first-order valence-electron chi connectivity index (χ1n) is 16.4. The summed E-state index contributed by atoms with van der Waals surface area (Å²) in [6.07, 6.45) is -10.2. The van der Waals surface area contributed by atoms with Gasteiger partial charge in [-0.1, -0.05) is 12.8 Å². The molecule has 288 valence electrons. The zero-order valence-corrected chi connectivity index (χ0v) is 27.9. The van der Waals surface area contributed by atoms with Crippen molar-refractivity contribution < 1.29 is 59.3 Å². The Kier molecular flexibility index (Phi) is 16.1. The molecule has 0 amide bonds. The van der Waals surface area contributed by atoms with E-state index in [4.69, 9.17) is 9.84 Å². The van der Waals surface area contributed by atoms with Crippen LogP contribution in [0.4, 0.5) is 56.8 Å². The number of aliphatic carboxylic acids is 1. The molecule has 0 atom stereocenters. The molecule has 0 saturated carbocycles. The van der Waals surface area contributed by atoms with Gasteiger partial charge < -0.3 is 29.6 Å². The van der Waals surface area contributed by atoms with E-state index in [0.29, 0.717) is 69.8 Å². The Hall–Kier alpha value is -3.32. The molecule has 19 heteroatoms. The second kappa shape index (κ2) is 19.3. The van der Waals surface area contributed by atoms with E-state index >= 15 is 0 Å². The van der Waals surface area contributed by atoms with Crippen molar-refractivity contribution >= 4 is 52.8 Å². The third kappa shape index (κ3) is 13.2. The molecule has 9 nitrogen and oxygen atoms in total. The Balaban J connectivity index is 0.00000756. The summed E-state index contributed by atoms with van der Waals surface area (Å²) in [5.74, 6) is -1.11. The van der Waals surface area contributed by atoms with Crippen LogP contribution in [0.25, 0.3) is 0 Å². The summed E-state index contributed by atoms with van der Waals surface area (Å²) < 4.78 is 130. The Bertz CT molecular complexity index is 1590. The van der Waals surface area contributed by atoms with Crippen molar-refractivity contribution in [2.45, 2.75) is 63.7 Å². The molecule has 0 bridgehead atoms. The first kappa shape index (κ1) is 44.1. The first-order chi connectivity index (χ1) is 24.5. The fourth-order valence-corrected chi connectivity index (χ4v) is 5.80.